The van der Waals surface area contributed by atoms with Crippen LogP contribution in [-0.2, 0) is 4.79 Å². The number of pyridine rings is 1. The number of nitrogens with zero attached hydrogens (tertiary/aromatic N) is 1. The fraction of sp³-hybridized carbons (Fsp3) is 0.0952. The van der Waals surface area contributed by atoms with Gasteiger partial charge in [-0.2, -0.15) is 0 Å². The molecule has 0 atom stereocenters. The molecule has 8 heteroatoms. The van der Waals surface area contributed by atoms with Gasteiger partial charge in [0, 0.05) is 18.1 Å². The lowest BCUT2D eigenvalue weighted by atomic mass is 10.2. The fourth-order valence-electron chi connectivity index (χ4n) is 2.54. The second-order valence-electron chi connectivity index (χ2n) is 6.09. The van der Waals surface area contributed by atoms with Crippen molar-refractivity contribution in [2.24, 2.45) is 0 Å². The number of carbonyl (C=O) groups is 2. The molecule has 0 unspecified atom stereocenters. The summed E-state index contributed by atoms with van der Waals surface area (Å²) < 4.78 is 19.5. The average molecular weight is 414 g/mol. The molecule has 29 heavy (non-hydrogen) atoms. The highest BCUT2D eigenvalue weighted by atomic mass is 35.5. The number of hydrogen-bond donors (Lipinski definition) is 2. The molecule has 3 aromatic rings. The first-order valence-electron chi connectivity index (χ1n) is 8.64. The number of ether oxygens (including phenoxy) is 1. The normalized spacial score (nSPS) is 10.3. The van der Waals surface area contributed by atoms with Gasteiger partial charge in [0.05, 0.1) is 17.1 Å². The van der Waals surface area contributed by atoms with E-state index in [1.165, 1.54) is 12.1 Å². The molecule has 2 aromatic carbocycles. The number of benzene rings is 2. The van der Waals surface area contributed by atoms with Crippen molar-refractivity contribution in [2.75, 3.05) is 11.9 Å². The van der Waals surface area contributed by atoms with Gasteiger partial charge in [-0.25, -0.2) is 4.39 Å². The molecule has 0 spiro atoms. The summed E-state index contributed by atoms with van der Waals surface area (Å²) in [6.07, 6.45) is 3.25. The molecule has 0 fully saturated rings. The molecule has 0 aliphatic heterocycles. The first-order valence-corrected chi connectivity index (χ1v) is 9.02. The lowest BCUT2D eigenvalue weighted by Gasteiger charge is -2.12. The van der Waals surface area contributed by atoms with Crippen molar-refractivity contribution in [3.05, 3.63) is 82.9 Å². The van der Waals surface area contributed by atoms with Gasteiger partial charge in [-0.05, 0) is 55.0 Å². The van der Waals surface area contributed by atoms with Gasteiger partial charge >= 0.3 is 0 Å². The van der Waals surface area contributed by atoms with Crippen LogP contribution in [0.15, 0.2) is 60.9 Å². The lowest BCUT2D eigenvalue weighted by molar-refractivity contribution is -0.115. The number of aryl methyl sites for hydroxylation is 1. The van der Waals surface area contributed by atoms with E-state index in [2.05, 4.69) is 15.6 Å². The molecule has 2 N–H and O–H groups in total. The number of carbonyl (C=O) groups excluding carboxylic acids is 2. The predicted molar refractivity (Wildman–Crippen MR) is 108 cm³/mol. The molecule has 0 bridgehead atoms. The van der Waals surface area contributed by atoms with E-state index in [9.17, 15) is 14.0 Å². The van der Waals surface area contributed by atoms with Crippen LogP contribution in [0.2, 0.25) is 5.02 Å². The fourth-order valence-corrected chi connectivity index (χ4v) is 2.79. The van der Waals surface area contributed by atoms with Gasteiger partial charge in [0.15, 0.2) is 0 Å². The predicted octanol–water partition coefficient (Wildman–Crippen LogP) is 4.34. The third kappa shape index (κ3) is 5.30. The van der Waals surface area contributed by atoms with E-state index in [1.54, 1.807) is 42.7 Å². The molecular weight excluding hydrogens is 397 g/mol. The lowest BCUT2D eigenvalue weighted by Crippen LogP contribution is -2.33. The quantitative estimate of drug-likeness (QED) is 0.629. The van der Waals surface area contributed by atoms with E-state index in [-0.39, 0.29) is 17.1 Å². The summed E-state index contributed by atoms with van der Waals surface area (Å²) in [7, 11) is 0. The number of amides is 2. The number of anilines is 1. The van der Waals surface area contributed by atoms with Crippen molar-refractivity contribution in [1.29, 1.82) is 0 Å². The number of aromatic nitrogens is 1. The van der Waals surface area contributed by atoms with Crippen LogP contribution >= 0.6 is 11.6 Å². The molecule has 6 nitrogen and oxygen atoms in total. The molecule has 0 saturated heterocycles. The first-order chi connectivity index (χ1) is 13.9. The van der Waals surface area contributed by atoms with Crippen LogP contribution in [0.4, 0.5) is 10.1 Å². The molecule has 2 amide bonds. The molecule has 0 aliphatic rings. The zero-order valence-corrected chi connectivity index (χ0v) is 16.2. The van der Waals surface area contributed by atoms with E-state index < -0.39 is 17.6 Å². The van der Waals surface area contributed by atoms with Crippen molar-refractivity contribution in [1.82, 2.24) is 10.3 Å². The third-order valence-corrected chi connectivity index (χ3v) is 4.25. The van der Waals surface area contributed by atoms with E-state index in [4.69, 9.17) is 16.3 Å². The Hall–Kier alpha value is -3.45. The van der Waals surface area contributed by atoms with Crippen molar-refractivity contribution >= 4 is 29.1 Å². The number of halogens is 2. The molecule has 1 heterocycles. The van der Waals surface area contributed by atoms with E-state index in [1.807, 2.05) is 6.92 Å². The molecule has 0 radical (unpaired) electrons. The minimum absolute atomic E-state index is 0.0247. The van der Waals surface area contributed by atoms with Crippen LogP contribution in [0, 0.1) is 12.7 Å². The number of rotatable bonds is 6. The highest BCUT2D eigenvalue weighted by molar-refractivity contribution is 6.33. The smallest absolute Gasteiger partial charge is 0.256 e. The maximum absolute atomic E-state index is 13.7. The highest BCUT2D eigenvalue weighted by Gasteiger charge is 2.16. The molecule has 3 rings (SSSR count). The Kier molecular flexibility index (Phi) is 6.41. The molecular formula is C21H17ClFN3O3. The van der Waals surface area contributed by atoms with Crippen molar-refractivity contribution in [3.63, 3.8) is 0 Å². The van der Waals surface area contributed by atoms with Crippen LogP contribution in [-0.4, -0.2) is 23.3 Å². The molecule has 0 aliphatic carbocycles. The summed E-state index contributed by atoms with van der Waals surface area (Å²) in [5.74, 6) is -0.699. The largest absolute Gasteiger partial charge is 0.457 e. The topological polar surface area (TPSA) is 80.3 Å². The summed E-state index contributed by atoms with van der Waals surface area (Å²) >= 11 is 5.84. The van der Waals surface area contributed by atoms with Crippen LogP contribution in [0.3, 0.4) is 0 Å². The Morgan fingerprint density at radius 1 is 1.14 bits per heavy atom. The Bertz CT molecular complexity index is 1020. The highest BCUT2D eigenvalue weighted by Crippen LogP contribution is 2.27. The third-order valence-electron chi connectivity index (χ3n) is 3.94. The van der Waals surface area contributed by atoms with Crippen LogP contribution < -0.4 is 15.4 Å². The zero-order chi connectivity index (χ0) is 20.8. The molecule has 148 valence electrons. The summed E-state index contributed by atoms with van der Waals surface area (Å²) in [6, 6.07) is 12.5. The Labute approximate surface area is 171 Å². The van der Waals surface area contributed by atoms with E-state index in [0.29, 0.717) is 17.2 Å². The first kappa shape index (κ1) is 20.3. The van der Waals surface area contributed by atoms with Gasteiger partial charge in [0.25, 0.3) is 5.91 Å². The van der Waals surface area contributed by atoms with Gasteiger partial charge in [-0.1, -0.05) is 17.7 Å². The van der Waals surface area contributed by atoms with Crippen molar-refractivity contribution < 1.29 is 18.7 Å². The SMILES string of the molecule is Cc1cc(NC(=O)CNC(=O)c2c(F)cccc2Cl)ccc1Oc1ccncc1. The van der Waals surface area contributed by atoms with Gasteiger partial charge in [-0.15, -0.1) is 0 Å². The second-order valence-corrected chi connectivity index (χ2v) is 6.50. The Morgan fingerprint density at radius 3 is 2.59 bits per heavy atom. The van der Waals surface area contributed by atoms with Crippen molar-refractivity contribution in [2.45, 2.75) is 6.92 Å². The standard InChI is InChI=1S/C21H17ClFN3O3/c1-13-11-14(5-6-18(13)29-15-7-9-24-10-8-15)26-19(27)12-25-21(28)20-16(22)3-2-4-17(20)23/h2-11H,12H2,1H3,(H,25,28)(H,26,27). The Balaban J connectivity index is 1.58. The number of hydrogen-bond acceptors (Lipinski definition) is 4. The summed E-state index contributed by atoms with van der Waals surface area (Å²) in [6.45, 7) is 1.51. The van der Waals surface area contributed by atoms with Crippen LogP contribution in [0.25, 0.3) is 0 Å². The van der Waals surface area contributed by atoms with Gasteiger partial charge in [0.2, 0.25) is 5.91 Å². The zero-order valence-electron chi connectivity index (χ0n) is 15.4. The van der Waals surface area contributed by atoms with Crippen LogP contribution in [0.1, 0.15) is 15.9 Å². The van der Waals surface area contributed by atoms with Crippen LogP contribution in [0.5, 0.6) is 11.5 Å². The Morgan fingerprint density at radius 2 is 1.90 bits per heavy atom. The second kappa shape index (κ2) is 9.16. The minimum Gasteiger partial charge on any atom is -0.457 e. The maximum Gasteiger partial charge on any atom is 0.256 e. The minimum atomic E-state index is -0.763. The maximum atomic E-state index is 13.7. The van der Waals surface area contributed by atoms with E-state index in [0.717, 1.165) is 11.6 Å². The summed E-state index contributed by atoms with van der Waals surface area (Å²) in [4.78, 5) is 28.1. The number of nitrogens with one attached hydrogen (secondary N) is 2. The molecule has 1 aromatic heterocycles. The summed E-state index contributed by atoms with van der Waals surface area (Å²) in [5.41, 5.74) is 1.05. The van der Waals surface area contributed by atoms with Gasteiger partial charge in [0.1, 0.15) is 17.3 Å². The van der Waals surface area contributed by atoms with Crippen molar-refractivity contribution in [3.8, 4) is 11.5 Å². The summed E-state index contributed by atoms with van der Waals surface area (Å²) in [5, 5.41) is 4.99. The molecule has 0 saturated carbocycles. The van der Waals surface area contributed by atoms with E-state index >= 15 is 0 Å². The average Bonchev–Trinajstić information content (AvgIpc) is 2.69. The van der Waals surface area contributed by atoms with Gasteiger partial charge < -0.3 is 15.4 Å². The monoisotopic (exact) mass is 413 g/mol. The van der Waals surface area contributed by atoms with Gasteiger partial charge in [-0.3, -0.25) is 14.6 Å².